The van der Waals surface area contributed by atoms with Crippen LogP contribution in [0.3, 0.4) is 0 Å². The molecule has 1 N–H and O–H groups in total. The number of carbonyl (C=O) groups is 2. The number of rotatable bonds is 7. The fraction of sp³-hybridized carbons (Fsp3) is 0.115. The van der Waals surface area contributed by atoms with Crippen molar-refractivity contribution in [1.82, 2.24) is 14.7 Å². The van der Waals surface area contributed by atoms with Crippen LogP contribution in [0, 0.1) is 0 Å². The highest BCUT2D eigenvalue weighted by Gasteiger charge is 2.20. The van der Waals surface area contributed by atoms with Crippen LogP contribution >= 0.6 is 23.2 Å². The van der Waals surface area contributed by atoms with Gasteiger partial charge < -0.3 is 10.2 Å². The van der Waals surface area contributed by atoms with Gasteiger partial charge in [-0.15, -0.1) is 0 Å². The number of nitrogens with zero attached hydrogens (tertiary/aromatic N) is 3. The van der Waals surface area contributed by atoms with Gasteiger partial charge in [0.1, 0.15) is 12.4 Å². The lowest BCUT2D eigenvalue weighted by Gasteiger charge is -2.20. The van der Waals surface area contributed by atoms with Crippen molar-refractivity contribution in [3.63, 3.8) is 0 Å². The maximum Gasteiger partial charge on any atom is 0.254 e. The van der Waals surface area contributed by atoms with E-state index in [4.69, 9.17) is 28.3 Å². The summed E-state index contributed by atoms with van der Waals surface area (Å²) in [6.07, 6.45) is 0. The summed E-state index contributed by atoms with van der Waals surface area (Å²) in [6, 6.07) is 25.7. The number of nitrogens with one attached hydrogen (secondary N) is 1. The molecule has 0 bridgehead atoms. The van der Waals surface area contributed by atoms with E-state index in [0.29, 0.717) is 22.9 Å². The minimum atomic E-state index is -0.341. The molecule has 0 fully saturated rings. The zero-order chi connectivity index (χ0) is 24.1. The molecule has 0 atom stereocenters. The van der Waals surface area contributed by atoms with Gasteiger partial charge in [0, 0.05) is 23.7 Å². The first kappa shape index (κ1) is 23.5. The molecule has 6 nitrogen and oxygen atoms in total. The maximum absolute atomic E-state index is 13.0. The topological polar surface area (TPSA) is 67.2 Å². The highest BCUT2D eigenvalue weighted by atomic mass is 35.5. The van der Waals surface area contributed by atoms with E-state index in [2.05, 4.69) is 5.32 Å². The van der Waals surface area contributed by atoms with Gasteiger partial charge in [0.15, 0.2) is 0 Å². The second-order valence-corrected chi connectivity index (χ2v) is 8.34. The number of hydrogen-bond donors (Lipinski definition) is 1. The Morgan fingerprint density at radius 1 is 0.912 bits per heavy atom. The predicted molar refractivity (Wildman–Crippen MR) is 136 cm³/mol. The summed E-state index contributed by atoms with van der Waals surface area (Å²) in [5.74, 6) is -0.141. The average molecular weight is 493 g/mol. The lowest BCUT2D eigenvalue weighted by atomic mass is 10.1. The summed E-state index contributed by atoms with van der Waals surface area (Å²) < 4.78 is 1.68. The first-order valence-corrected chi connectivity index (χ1v) is 11.5. The largest absolute Gasteiger partial charge is 0.330 e. The summed E-state index contributed by atoms with van der Waals surface area (Å²) in [4.78, 5) is 27.3. The van der Waals surface area contributed by atoms with Gasteiger partial charge in [0.25, 0.3) is 5.91 Å². The molecule has 0 radical (unpaired) electrons. The van der Waals surface area contributed by atoms with Crippen molar-refractivity contribution in [2.75, 3.05) is 18.4 Å². The van der Waals surface area contributed by atoms with E-state index in [0.717, 1.165) is 16.9 Å². The third-order valence-corrected chi connectivity index (χ3v) is 5.96. The van der Waals surface area contributed by atoms with E-state index in [-0.39, 0.29) is 23.4 Å². The molecule has 1 heterocycles. The molecule has 0 spiro atoms. The van der Waals surface area contributed by atoms with E-state index >= 15 is 0 Å². The van der Waals surface area contributed by atoms with Crippen LogP contribution in [0.2, 0.25) is 10.0 Å². The van der Waals surface area contributed by atoms with Crippen molar-refractivity contribution in [1.29, 1.82) is 0 Å². The number of anilines is 1. The van der Waals surface area contributed by atoms with Crippen molar-refractivity contribution in [2.45, 2.75) is 6.92 Å². The second-order valence-electron chi connectivity index (χ2n) is 7.52. The maximum atomic E-state index is 13.0. The molecule has 4 aromatic rings. The van der Waals surface area contributed by atoms with Gasteiger partial charge in [-0.25, -0.2) is 4.68 Å². The average Bonchev–Trinajstić information content (AvgIpc) is 3.28. The van der Waals surface area contributed by atoms with Crippen molar-refractivity contribution in [3.8, 4) is 16.9 Å². The lowest BCUT2D eigenvalue weighted by Crippen LogP contribution is -2.38. The molecule has 0 aliphatic carbocycles. The van der Waals surface area contributed by atoms with Gasteiger partial charge in [-0.05, 0) is 37.3 Å². The number of likely N-dealkylation sites (N-methyl/N-ethyl adjacent to an activating group) is 1. The van der Waals surface area contributed by atoms with Crippen molar-refractivity contribution < 1.29 is 9.59 Å². The second kappa shape index (κ2) is 10.5. The van der Waals surface area contributed by atoms with Crippen molar-refractivity contribution in [3.05, 3.63) is 101 Å². The fourth-order valence-corrected chi connectivity index (χ4v) is 3.78. The molecule has 1 aromatic heterocycles. The lowest BCUT2D eigenvalue weighted by molar-refractivity contribution is -0.116. The molecule has 0 saturated heterocycles. The number of carbonyl (C=O) groups excluding carboxylic acids is 2. The summed E-state index contributed by atoms with van der Waals surface area (Å²) in [6.45, 7) is 2.03. The van der Waals surface area contributed by atoms with Gasteiger partial charge >= 0.3 is 0 Å². The minimum Gasteiger partial charge on any atom is -0.330 e. The summed E-state index contributed by atoms with van der Waals surface area (Å²) in [5, 5.41) is 8.26. The highest BCUT2D eigenvalue weighted by molar-refractivity contribution is 6.42. The third kappa shape index (κ3) is 5.30. The molecular weight excluding hydrogens is 471 g/mol. The quantitative estimate of drug-likeness (QED) is 0.346. The number of para-hydroxylation sites is 1. The number of halogens is 2. The van der Waals surface area contributed by atoms with E-state index < -0.39 is 0 Å². The van der Waals surface area contributed by atoms with Gasteiger partial charge in [-0.1, -0.05) is 71.7 Å². The van der Waals surface area contributed by atoms with Crippen molar-refractivity contribution in [2.24, 2.45) is 0 Å². The van der Waals surface area contributed by atoms with Crippen molar-refractivity contribution >= 4 is 40.8 Å². The normalized spacial score (nSPS) is 10.7. The Labute approximate surface area is 207 Å². The van der Waals surface area contributed by atoms with Gasteiger partial charge in [-0.2, -0.15) is 5.10 Å². The van der Waals surface area contributed by atoms with Crippen LogP contribution in [0.15, 0.2) is 84.9 Å². The smallest absolute Gasteiger partial charge is 0.254 e. The molecule has 8 heteroatoms. The van der Waals surface area contributed by atoms with Crippen LogP contribution < -0.4 is 5.32 Å². The predicted octanol–water partition coefficient (Wildman–Crippen LogP) is 5.95. The summed E-state index contributed by atoms with van der Waals surface area (Å²) >= 11 is 12.0. The molecule has 0 aliphatic rings. The van der Waals surface area contributed by atoms with E-state index in [1.807, 2.05) is 73.7 Å². The van der Waals surface area contributed by atoms with Gasteiger partial charge in [-0.3, -0.25) is 9.59 Å². The van der Waals surface area contributed by atoms with Crippen LogP contribution in [0.4, 0.5) is 5.82 Å². The Balaban J connectivity index is 1.57. The minimum absolute atomic E-state index is 0.129. The van der Waals surface area contributed by atoms with Crippen LogP contribution in [0.1, 0.15) is 17.3 Å². The van der Waals surface area contributed by atoms with Gasteiger partial charge in [0.2, 0.25) is 5.91 Å². The number of hydrogen-bond acceptors (Lipinski definition) is 3. The van der Waals surface area contributed by atoms with E-state index in [1.165, 1.54) is 11.0 Å². The number of amides is 2. The van der Waals surface area contributed by atoms with Crippen LogP contribution in [-0.4, -0.2) is 39.6 Å². The van der Waals surface area contributed by atoms with Crippen LogP contribution in [-0.2, 0) is 4.79 Å². The van der Waals surface area contributed by atoms with Gasteiger partial charge in [0.05, 0.1) is 21.4 Å². The van der Waals surface area contributed by atoms with Crippen LogP contribution in [0.25, 0.3) is 16.9 Å². The Hall–Kier alpha value is -3.61. The molecule has 34 heavy (non-hydrogen) atoms. The molecule has 0 saturated carbocycles. The zero-order valence-corrected chi connectivity index (χ0v) is 19.9. The number of aromatic nitrogens is 2. The zero-order valence-electron chi connectivity index (χ0n) is 18.4. The Kier molecular flexibility index (Phi) is 7.30. The molecule has 3 aromatic carbocycles. The molecular formula is C26H22Cl2N4O2. The Morgan fingerprint density at radius 3 is 2.24 bits per heavy atom. The number of benzene rings is 3. The van der Waals surface area contributed by atoms with E-state index in [9.17, 15) is 9.59 Å². The molecule has 0 aliphatic heterocycles. The SMILES string of the molecule is CCN(CC(=O)Nc1cc(-c2ccccc2)nn1-c1ccccc1)C(=O)c1ccc(Cl)c(Cl)c1. The first-order valence-electron chi connectivity index (χ1n) is 10.7. The Morgan fingerprint density at radius 2 is 1.59 bits per heavy atom. The molecule has 2 amide bonds. The van der Waals surface area contributed by atoms with E-state index in [1.54, 1.807) is 16.8 Å². The van der Waals surface area contributed by atoms with Crippen LogP contribution in [0.5, 0.6) is 0 Å². The summed E-state index contributed by atoms with van der Waals surface area (Å²) in [7, 11) is 0. The third-order valence-electron chi connectivity index (χ3n) is 5.22. The monoisotopic (exact) mass is 492 g/mol. The molecule has 172 valence electrons. The first-order chi connectivity index (χ1) is 16.5. The molecule has 0 unspecified atom stereocenters. The fourth-order valence-electron chi connectivity index (χ4n) is 3.48. The molecule has 4 rings (SSSR count). The summed E-state index contributed by atoms with van der Waals surface area (Å²) in [5.41, 5.74) is 2.82. The standard InChI is InChI=1S/C26H22Cl2N4O2/c1-2-31(26(34)19-13-14-21(27)22(28)15-19)17-25(33)29-24-16-23(18-9-5-3-6-10-18)30-32(24)20-11-7-4-8-12-20/h3-16H,2,17H2,1H3,(H,29,33). The Bertz CT molecular complexity index is 1310. The highest BCUT2D eigenvalue weighted by Crippen LogP contribution is 2.25.